The predicted octanol–water partition coefficient (Wildman–Crippen LogP) is 8.41. The average Bonchev–Trinajstić information content (AvgIpc) is 3.44. The molecule has 0 unspecified atom stereocenters. The molecular weight excluding hydrogens is 564 g/mol. The number of nitrogens with zero attached hydrogens (tertiary/aromatic N) is 1. The molecule has 0 bridgehead atoms. The molecule has 0 atom stereocenters. The van der Waals surface area contributed by atoms with Gasteiger partial charge in [0.2, 0.25) is 0 Å². The molecule has 0 saturated heterocycles. The van der Waals surface area contributed by atoms with Crippen LogP contribution in [0.1, 0.15) is 39.4 Å². The zero-order valence-electron chi connectivity index (χ0n) is 17.6. The van der Waals surface area contributed by atoms with Crippen molar-refractivity contribution in [3.63, 3.8) is 0 Å². The van der Waals surface area contributed by atoms with Crippen LogP contribution < -0.4 is 5.32 Å². The molecule has 2 aromatic heterocycles. The Morgan fingerprint density at radius 2 is 1.85 bits per heavy atom. The molecule has 2 heterocycles. The monoisotopic (exact) mass is 582 g/mol. The molecule has 0 radical (unpaired) electrons. The standard InChI is InChI=1S/C26H20Br2N2O2S/c27-16-10-12-21(28)20(14-16)22-13-11-18(32-22)15-29-26-24(19-8-4-5-9-23(19)33-26)25(31)30-17-6-2-1-3-7-17/h1-3,6-7,10-15H,4-5,8-9H2,(H,30,31). The molecule has 0 aliphatic heterocycles. The lowest BCUT2D eigenvalue weighted by Gasteiger charge is -2.12. The number of hydrogen-bond acceptors (Lipinski definition) is 4. The highest BCUT2D eigenvalue weighted by molar-refractivity contribution is 9.11. The van der Waals surface area contributed by atoms with E-state index in [1.54, 1.807) is 17.6 Å². The highest BCUT2D eigenvalue weighted by atomic mass is 79.9. The summed E-state index contributed by atoms with van der Waals surface area (Å²) >= 11 is 8.70. The summed E-state index contributed by atoms with van der Waals surface area (Å²) in [5.74, 6) is 1.28. The minimum absolute atomic E-state index is 0.106. The molecule has 1 N–H and O–H groups in total. The van der Waals surface area contributed by atoms with Crippen LogP contribution in [0.25, 0.3) is 11.3 Å². The third-order valence-electron chi connectivity index (χ3n) is 5.54. The molecule has 1 aliphatic rings. The lowest BCUT2D eigenvalue weighted by molar-refractivity contribution is 0.102. The van der Waals surface area contributed by atoms with Crippen molar-refractivity contribution >= 4 is 66.0 Å². The lowest BCUT2D eigenvalue weighted by atomic mass is 9.95. The summed E-state index contributed by atoms with van der Waals surface area (Å²) in [6.45, 7) is 0. The van der Waals surface area contributed by atoms with E-state index in [4.69, 9.17) is 9.41 Å². The highest BCUT2D eigenvalue weighted by Crippen LogP contribution is 2.40. The van der Waals surface area contributed by atoms with Crippen molar-refractivity contribution in [2.24, 2.45) is 4.99 Å². The summed E-state index contributed by atoms with van der Waals surface area (Å²) in [6, 6.07) is 19.3. The normalized spacial score (nSPS) is 13.3. The number of anilines is 1. The minimum atomic E-state index is -0.106. The summed E-state index contributed by atoms with van der Waals surface area (Å²) in [6.07, 6.45) is 5.87. The number of furan rings is 1. The van der Waals surface area contributed by atoms with Crippen molar-refractivity contribution in [1.29, 1.82) is 0 Å². The third kappa shape index (κ3) is 4.90. The van der Waals surface area contributed by atoms with E-state index in [-0.39, 0.29) is 5.91 Å². The molecule has 0 saturated carbocycles. The zero-order chi connectivity index (χ0) is 22.8. The average molecular weight is 584 g/mol. The quantitative estimate of drug-likeness (QED) is 0.240. The fraction of sp³-hybridized carbons (Fsp3) is 0.154. The van der Waals surface area contributed by atoms with Crippen molar-refractivity contribution in [3.05, 3.63) is 91.4 Å². The maximum atomic E-state index is 13.2. The van der Waals surface area contributed by atoms with E-state index < -0.39 is 0 Å². The van der Waals surface area contributed by atoms with E-state index in [1.807, 2.05) is 60.7 Å². The number of fused-ring (bicyclic) bond motifs is 1. The Labute approximate surface area is 213 Å². The summed E-state index contributed by atoms with van der Waals surface area (Å²) in [7, 11) is 0. The van der Waals surface area contributed by atoms with Crippen LogP contribution in [0.3, 0.4) is 0 Å². The highest BCUT2D eigenvalue weighted by Gasteiger charge is 2.25. The van der Waals surface area contributed by atoms with Gasteiger partial charge in [0.15, 0.2) is 0 Å². The Morgan fingerprint density at radius 1 is 1.03 bits per heavy atom. The maximum absolute atomic E-state index is 13.2. The first kappa shape index (κ1) is 22.3. The number of para-hydroxylation sites is 1. The van der Waals surface area contributed by atoms with E-state index in [0.29, 0.717) is 11.3 Å². The Kier molecular flexibility index (Phi) is 6.62. The second-order valence-electron chi connectivity index (χ2n) is 7.80. The van der Waals surface area contributed by atoms with Crippen LogP contribution in [-0.4, -0.2) is 12.1 Å². The number of hydrogen-bond donors (Lipinski definition) is 1. The molecule has 0 spiro atoms. The van der Waals surface area contributed by atoms with Gasteiger partial charge in [-0.3, -0.25) is 4.79 Å². The van der Waals surface area contributed by atoms with Gasteiger partial charge in [0.25, 0.3) is 5.91 Å². The van der Waals surface area contributed by atoms with Crippen LogP contribution in [0.5, 0.6) is 0 Å². The molecule has 5 rings (SSSR count). The van der Waals surface area contributed by atoms with E-state index >= 15 is 0 Å². The number of benzene rings is 2. The molecule has 33 heavy (non-hydrogen) atoms. The number of carbonyl (C=O) groups excluding carboxylic acids is 1. The van der Waals surface area contributed by atoms with Gasteiger partial charge >= 0.3 is 0 Å². The van der Waals surface area contributed by atoms with Gasteiger partial charge in [-0.25, -0.2) is 4.99 Å². The van der Waals surface area contributed by atoms with Crippen molar-refractivity contribution in [3.8, 4) is 11.3 Å². The zero-order valence-corrected chi connectivity index (χ0v) is 21.6. The van der Waals surface area contributed by atoms with E-state index in [9.17, 15) is 4.79 Å². The molecule has 4 aromatic rings. The second kappa shape index (κ2) is 9.79. The van der Waals surface area contributed by atoms with Crippen LogP contribution in [-0.2, 0) is 12.8 Å². The fourth-order valence-corrected chi connectivity index (χ4v) is 6.00. The van der Waals surface area contributed by atoms with Crippen LogP contribution >= 0.6 is 43.2 Å². The number of halogens is 2. The topological polar surface area (TPSA) is 54.6 Å². The number of nitrogens with one attached hydrogen (secondary N) is 1. The van der Waals surface area contributed by atoms with Gasteiger partial charge in [0.1, 0.15) is 16.5 Å². The van der Waals surface area contributed by atoms with Crippen LogP contribution in [0, 0.1) is 0 Å². The maximum Gasteiger partial charge on any atom is 0.259 e. The molecule has 4 nitrogen and oxygen atoms in total. The first-order valence-corrected chi connectivity index (χ1v) is 13.1. The first-order valence-electron chi connectivity index (χ1n) is 10.7. The van der Waals surface area contributed by atoms with Crippen molar-refractivity contribution in [1.82, 2.24) is 0 Å². The summed E-state index contributed by atoms with van der Waals surface area (Å²) in [4.78, 5) is 19.2. The van der Waals surface area contributed by atoms with Gasteiger partial charge in [-0.1, -0.05) is 50.1 Å². The molecule has 1 amide bonds. The third-order valence-corrected chi connectivity index (χ3v) is 7.93. The minimum Gasteiger partial charge on any atom is -0.455 e. The Hall–Kier alpha value is -2.48. The largest absolute Gasteiger partial charge is 0.455 e. The number of aliphatic imine (C=N–C) groups is 1. The fourth-order valence-electron chi connectivity index (χ4n) is 3.97. The van der Waals surface area contributed by atoms with Crippen molar-refractivity contribution in [2.45, 2.75) is 25.7 Å². The van der Waals surface area contributed by atoms with Crippen LogP contribution in [0.2, 0.25) is 0 Å². The van der Waals surface area contributed by atoms with Gasteiger partial charge in [-0.2, -0.15) is 0 Å². The van der Waals surface area contributed by atoms with Gasteiger partial charge in [0, 0.05) is 25.1 Å². The van der Waals surface area contributed by atoms with Crippen molar-refractivity contribution < 1.29 is 9.21 Å². The number of rotatable bonds is 5. The summed E-state index contributed by atoms with van der Waals surface area (Å²) in [5, 5.41) is 3.76. The Bertz CT molecular complexity index is 1340. The molecule has 166 valence electrons. The molecular formula is C26H20Br2N2O2S. The van der Waals surface area contributed by atoms with E-state index in [0.717, 1.165) is 62.2 Å². The smallest absolute Gasteiger partial charge is 0.259 e. The van der Waals surface area contributed by atoms with Gasteiger partial charge in [-0.15, -0.1) is 11.3 Å². The molecule has 7 heteroatoms. The Balaban J connectivity index is 1.45. The predicted molar refractivity (Wildman–Crippen MR) is 142 cm³/mol. The number of amides is 1. The lowest BCUT2D eigenvalue weighted by Crippen LogP contribution is -2.14. The molecule has 2 aromatic carbocycles. The number of carbonyl (C=O) groups is 1. The second-order valence-corrected chi connectivity index (χ2v) is 10.6. The van der Waals surface area contributed by atoms with Crippen molar-refractivity contribution in [2.75, 3.05) is 5.32 Å². The summed E-state index contributed by atoms with van der Waals surface area (Å²) < 4.78 is 7.96. The van der Waals surface area contributed by atoms with Crippen LogP contribution in [0.15, 0.2) is 79.0 Å². The number of thiophene rings is 1. The summed E-state index contributed by atoms with van der Waals surface area (Å²) in [5.41, 5.74) is 3.57. The van der Waals surface area contributed by atoms with Gasteiger partial charge in [0.05, 0.1) is 11.8 Å². The first-order chi connectivity index (χ1) is 16.1. The van der Waals surface area contributed by atoms with Gasteiger partial charge in [-0.05, 0) is 73.7 Å². The molecule has 0 fully saturated rings. The SMILES string of the molecule is O=C(Nc1ccccc1)c1c(N=Cc2ccc(-c3cc(Br)ccc3Br)o2)sc2c1CCCC2. The van der Waals surface area contributed by atoms with E-state index in [2.05, 4.69) is 37.2 Å². The molecule has 1 aliphatic carbocycles. The number of aryl methyl sites for hydroxylation is 1. The Morgan fingerprint density at radius 3 is 2.70 bits per heavy atom. The van der Waals surface area contributed by atoms with Gasteiger partial charge < -0.3 is 9.73 Å². The van der Waals surface area contributed by atoms with Crippen LogP contribution in [0.4, 0.5) is 10.7 Å². The van der Waals surface area contributed by atoms with E-state index in [1.165, 1.54) is 4.88 Å².